The van der Waals surface area contributed by atoms with Gasteiger partial charge in [-0.05, 0) is 18.4 Å². The van der Waals surface area contributed by atoms with Gasteiger partial charge in [-0.3, -0.25) is 4.98 Å². The van der Waals surface area contributed by atoms with Crippen molar-refractivity contribution in [3.05, 3.63) is 47.9 Å². The second-order valence-corrected chi connectivity index (χ2v) is 4.41. The summed E-state index contributed by atoms with van der Waals surface area (Å²) in [6, 6.07) is 5.28. The number of rotatable bonds is 5. The Labute approximate surface area is 103 Å². The molecule has 2 aromatic heterocycles. The molecule has 3 nitrogen and oxygen atoms in total. The molecule has 2 rings (SSSR count). The van der Waals surface area contributed by atoms with Crippen LogP contribution >= 0.6 is 11.8 Å². The van der Waals surface area contributed by atoms with Crippen LogP contribution in [0.15, 0.2) is 35.0 Å². The number of furan rings is 1. The molecule has 0 radical (unpaired) electrons. The van der Waals surface area contributed by atoms with E-state index in [0.29, 0.717) is 12.2 Å². The Kier molecular flexibility index (Phi) is 4.03. The number of thioether (sulfide) groups is 1. The third-order valence-corrected chi connectivity index (χ3v) is 2.75. The Hall–Kier alpha value is -1.49. The van der Waals surface area contributed by atoms with Crippen LogP contribution in [-0.4, -0.2) is 11.2 Å². The molecule has 0 aliphatic heterocycles. The van der Waals surface area contributed by atoms with Crippen LogP contribution in [0.3, 0.4) is 0 Å². The number of pyridine rings is 1. The van der Waals surface area contributed by atoms with E-state index in [1.54, 1.807) is 18.0 Å². The fourth-order valence-corrected chi connectivity index (χ4v) is 1.87. The Balaban J connectivity index is 1.93. The number of nitrogens with one attached hydrogen (secondary N) is 1. The van der Waals surface area contributed by atoms with Crippen molar-refractivity contribution in [3.63, 3.8) is 0 Å². The molecule has 2 aromatic rings. The SMILES string of the molecule is CSCc1ccc(CNc2cncc(F)c2)o1. The average Bonchev–Trinajstić information content (AvgIpc) is 2.75. The summed E-state index contributed by atoms with van der Waals surface area (Å²) < 4.78 is 18.4. The van der Waals surface area contributed by atoms with Crippen molar-refractivity contribution in [1.29, 1.82) is 0 Å². The van der Waals surface area contributed by atoms with Crippen LogP contribution in [0.4, 0.5) is 10.1 Å². The van der Waals surface area contributed by atoms with E-state index in [-0.39, 0.29) is 5.82 Å². The highest BCUT2D eigenvalue weighted by molar-refractivity contribution is 7.97. The highest BCUT2D eigenvalue weighted by Gasteiger charge is 2.02. The van der Waals surface area contributed by atoms with Crippen molar-refractivity contribution >= 4 is 17.4 Å². The van der Waals surface area contributed by atoms with Gasteiger partial charge in [0.1, 0.15) is 17.3 Å². The molecule has 0 aromatic carbocycles. The molecule has 0 saturated carbocycles. The molecule has 90 valence electrons. The summed E-state index contributed by atoms with van der Waals surface area (Å²) in [7, 11) is 0. The van der Waals surface area contributed by atoms with Gasteiger partial charge in [-0.2, -0.15) is 11.8 Å². The van der Waals surface area contributed by atoms with Gasteiger partial charge in [-0.15, -0.1) is 0 Å². The van der Waals surface area contributed by atoms with Crippen LogP contribution < -0.4 is 5.32 Å². The summed E-state index contributed by atoms with van der Waals surface area (Å²) in [5, 5.41) is 3.05. The second kappa shape index (κ2) is 5.72. The van der Waals surface area contributed by atoms with Gasteiger partial charge in [-0.25, -0.2) is 4.39 Å². The first-order chi connectivity index (χ1) is 8.28. The third-order valence-electron chi connectivity index (χ3n) is 2.18. The van der Waals surface area contributed by atoms with Crippen LogP contribution in [0.5, 0.6) is 0 Å². The summed E-state index contributed by atoms with van der Waals surface area (Å²) in [6.45, 7) is 0.527. The molecule has 2 heterocycles. The minimum Gasteiger partial charge on any atom is -0.463 e. The summed E-state index contributed by atoms with van der Waals surface area (Å²) in [4.78, 5) is 3.76. The van der Waals surface area contributed by atoms with Crippen LogP contribution in [0.2, 0.25) is 0 Å². The molecule has 17 heavy (non-hydrogen) atoms. The Morgan fingerprint density at radius 2 is 2.18 bits per heavy atom. The topological polar surface area (TPSA) is 38.1 Å². The lowest BCUT2D eigenvalue weighted by Gasteiger charge is -2.03. The van der Waals surface area contributed by atoms with Gasteiger partial charge < -0.3 is 9.73 Å². The molecule has 0 aliphatic carbocycles. The van der Waals surface area contributed by atoms with Crippen molar-refractivity contribution in [1.82, 2.24) is 4.98 Å². The molecule has 0 bridgehead atoms. The summed E-state index contributed by atoms with van der Waals surface area (Å²) in [6.07, 6.45) is 4.78. The molecular formula is C12H13FN2OS. The number of hydrogen-bond donors (Lipinski definition) is 1. The lowest BCUT2D eigenvalue weighted by Crippen LogP contribution is -1.98. The monoisotopic (exact) mass is 252 g/mol. The van der Waals surface area contributed by atoms with Gasteiger partial charge in [0, 0.05) is 6.07 Å². The minimum atomic E-state index is -0.350. The van der Waals surface area contributed by atoms with E-state index in [1.807, 2.05) is 18.4 Å². The maximum absolute atomic E-state index is 12.9. The van der Waals surface area contributed by atoms with Crippen LogP contribution in [0.25, 0.3) is 0 Å². The molecule has 0 spiro atoms. The van der Waals surface area contributed by atoms with Gasteiger partial charge in [0.15, 0.2) is 0 Å². The smallest absolute Gasteiger partial charge is 0.143 e. The van der Waals surface area contributed by atoms with E-state index in [1.165, 1.54) is 12.3 Å². The molecule has 5 heteroatoms. The number of anilines is 1. The minimum absolute atomic E-state index is 0.350. The molecule has 0 atom stereocenters. The highest BCUT2D eigenvalue weighted by atomic mass is 32.2. The Morgan fingerprint density at radius 1 is 1.35 bits per heavy atom. The van der Waals surface area contributed by atoms with Crippen molar-refractivity contribution in [2.45, 2.75) is 12.3 Å². The van der Waals surface area contributed by atoms with Crippen molar-refractivity contribution in [3.8, 4) is 0 Å². The number of halogens is 1. The number of aromatic nitrogens is 1. The van der Waals surface area contributed by atoms with E-state index >= 15 is 0 Å². The zero-order chi connectivity index (χ0) is 12.1. The normalized spacial score (nSPS) is 10.5. The van der Waals surface area contributed by atoms with Gasteiger partial charge in [0.25, 0.3) is 0 Å². The number of nitrogens with zero attached hydrogens (tertiary/aromatic N) is 1. The fourth-order valence-electron chi connectivity index (χ4n) is 1.43. The molecule has 0 unspecified atom stereocenters. The molecular weight excluding hydrogens is 239 g/mol. The fraction of sp³-hybridized carbons (Fsp3) is 0.250. The predicted molar refractivity (Wildman–Crippen MR) is 67.4 cm³/mol. The Bertz CT molecular complexity index is 487. The third kappa shape index (κ3) is 3.49. The van der Waals surface area contributed by atoms with Gasteiger partial charge in [0.05, 0.1) is 30.4 Å². The maximum Gasteiger partial charge on any atom is 0.143 e. The van der Waals surface area contributed by atoms with E-state index in [4.69, 9.17) is 4.42 Å². The predicted octanol–water partition coefficient (Wildman–Crippen LogP) is 3.29. The molecule has 0 saturated heterocycles. The molecule has 0 aliphatic rings. The van der Waals surface area contributed by atoms with E-state index < -0.39 is 0 Å². The molecule has 1 N–H and O–H groups in total. The second-order valence-electron chi connectivity index (χ2n) is 3.55. The van der Waals surface area contributed by atoms with E-state index in [0.717, 1.165) is 17.3 Å². The first-order valence-electron chi connectivity index (χ1n) is 5.19. The standard InChI is InChI=1S/C12H13FN2OS/c1-17-8-12-3-2-11(16-12)7-15-10-4-9(13)5-14-6-10/h2-6,15H,7-8H2,1H3. The largest absolute Gasteiger partial charge is 0.463 e. The van der Waals surface area contributed by atoms with Crippen LogP contribution in [-0.2, 0) is 12.3 Å². The van der Waals surface area contributed by atoms with E-state index in [2.05, 4.69) is 10.3 Å². The first-order valence-corrected chi connectivity index (χ1v) is 6.58. The lowest BCUT2D eigenvalue weighted by molar-refractivity contribution is 0.487. The van der Waals surface area contributed by atoms with Crippen LogP contribution in [0.1, 0.15) is 11.5 Å². The van der Waals surface area contributed by atoms with E-state index in [9.17, 15) is 4.39 Å². The van der Waals surface area contributed by atoms with Crippen molar-refractivity contribution < 1.29 is 8.81 Å². The van der Waals surface area contributed by atoms with Crippen molar-refractivity contribution in [2.24, 2.45) is 0 Å². The lowest BCUT2D eigenvalue weighted by atomic mass is 10.4. The average molecular weight is 252 g/mol. The zero-order valence-corrected chi connectivity index (χ0v) is 10.3. The summed E-state index contributed by atoms with van der Waals surface area (Å²) in [5.74, 6) is 2.30. The van der Waals surface area contributed by atoms with Crippen LogP contribution in [0, 0.1) is 5.82 Å². The molecule has 0 fully saturated rings. The summed E-state index contributed by atoms with van der Waals surface area (Å²) in [5.41, 5.74) is 0.646. The first kappa shape index (κ1) is 12.0. The highest BCUT2D eigenvalue weighted by Crippen LogP contribution is 2.15. The van der Waals surface area contributed by atoms with Gasteiger partial charge in [0.2, 0.25) is 0 Å². The van der Waals surface area contributed by atoms with Crippen molar-refractivity contribution in [2.75, 3.05) is 11.6 Å². The van der Waals surface area contributed by atoms with Gasteiger partial charge in [-0.1, -0.05) is 0 Å². The Morgan fingerprint density at radius 3 is 2.94 bits per heavy atom. The maximum atomic E-state index is 12.9. The zero-order valence-electron chi connectivity index (χ0n) is 9.44. The quantitative estimate of drug-likeness (QED) is 0.886. The number of hydrogen-bond acceptors (Lipinski definition) is 4. The van der Waals surface area contributed by atoms with Gasteiger partial charge >= 0.3 is 0 Å². The molecule has 0 amide bonds. The summed E-state index contributed by atoms with van der Waals surface area (Å²) >= 11 is 1.71.